The fourth-order valence-corrected chi connectivity index (χ4v) is 1.70. The zero-order valence-corrected chi connectivity index (χ0v) is 8.57. The molecule has 14 heavy (non-hydrogen) atoms. The molecular formula is C12H15NO. The van der Waals surface area contributed by atoms with Gasteiger partial charge in [-0.3, -0.25) is 0 Å². The average molecular weight is 189 g/mol. The van der Waals surface area contributed by atoms with E-state index in [1.807, 2.05) is 32.2 Å². The number of hydrogen-bond acceptors (Lipinski definition) is 1. The maximum Gasteiger partial charge on any atom is 0.0769 e. The van der Waals surface area contributed by atoms with E-state index in [9.17, 15) is 5.11 Å². The van der Waals surface area contributed by atoms with E-state index in [0.29, 0.717) is 6.54 Å². The summed E-state index contributed by atoms with van der Waals surface area (Å²) < 4.78 is 2.08. The van der Waals surface area contributed by atoms with Gasteiger partial charge in [-0.2, -0.15) is 0 Å². The van der Waals surface area contributed by atoms with Gasteiger partial charge in [-0.1, -0.05) is 18.2 Å². The van der Waals surface area contributed by atoms with Crippen molar-refractivity contribution in [2.24, 2.45) is 0 Å². The maximum atomic E-state index is 9.73. The van der Waals surface area contributed by atoms with Crippen LogP contribution in [0.1, 0.15) is 13.8 Å². The summed E-state index contributed by atoms with van der Waals surface area (Å²) in [6, 6.07) is 10.3. The van der Waals surface area contributed by atoms with Crippen molar-refractivity contribution in [2.75, 3.05) is 0 Å². The molecule has 0 radical (unpaired) electrons. The first kappa shape index (κ1) is 9.28. The van der Waals surface area contributed by atoms with Crippen molar-refractivity contribution in [3.63, 3.8) is 0 Å². The van der Waals surface area contributed by atoms with Crippen molar-refractivity contribution < 1.29 is 5.11 Å². The molecule has 0 aliphatic heterocycles. The minimum atomic E-state index is -0.665. The Hall–Kier alpha value is -1.28. The van der Waals surface area contributed by atoms with Crippen LogP contribution in [0.5, 0.6) is 0 Å². The van der Waals surface area contributed by atoms with E-state index in [1.54, 1.807) is 0 Å². The second-order valence-electron chi connectivity index (χ2n) is 4.31. The predicted molar refractivity (Wildman–Crippen MR) is 58.2 cm³/mol. The molecule has 0 aliphatic rings. The van der Waals surface area contributed by atoms with Gasteiger partial charge in [-0.25, -0.2) is 0 Å². The lowest BCUT2D eigenvalue weighted by atomic mass is 10.1. The second kappa shape index (κ2) is 3.14. The molecule has 0 unspecified atom stereocenters. The molecule has 0 saturated heterocycles. The van der Waals surface area contributed by atoms with Crippen molar-refractivity contribution in [3.05, 3.63) is 36.5 Å². The lowest BCUT2D eigenvalue weighted by molar-refractivity contribution is 0.0628. The fourth-order valence-electron chi connectivity index (χ4n) is 1.70. The molecule has 2 heteroatoms. The molecule has 0 amide bonds. The summed E-state index contributed by atoms with van der Waals surface area (Å²) in [5, 5.41) is 10.9. The summed E-state index contributed by atoms with van der Waals surface area (Å²) in [7, 11) is 0. The van der Waals surface area contributed by atoms with E-state index in [2.05, 4.69) is 22.8 Å². The largest absolute Gasteiger partial charge is 0.389 e. The maximum absolute atomic E-state index is 9.73. The summed E-state index contributed by atoms with van der Waals surface area (Å²) >= 11 is 0. The van der Waals surface area contributed by atoms with Crippen LogP contribution in [0.2, 0.25) is 0 Å². The zero-order chi connectivity index (χ0) is 10.2. The van der Waals surface area contributed by atoms with E-state index in [-0.39, 0.29) is 0 Å². The van der Waals surface area contributed by atoms with Gasteiger partial charge in [0.05, 0.1) is 12.1 Å². The summed E-state index contributed by atoms with van der Waals surface area (Å²) in [4.78, 5) is 0. The van der Waals surface area contributed by atoms with Gasteiger partial charge >= 0.3 is 0 Å². The second-order valence-corrected chi connectivity index (χ2v) is 4.31. The van der Waals surface area contributed by atoms with Crippen LogP contribution in [-0.4, -0.2) is 15.3 Å². The normalized spacial score (nSPS) is 12.2. The number of fused-ring (bicyclic) bond motifs is 1. The molecule has 74 valence electrons. The highest BCUT2D eigenvalue weighted by Crippen LogP contribution is 2.17. The monoisotopic (exact) mass is 189 g/mol. The molecule has 2 nitrogen and oxygen atoms in total. The molecule has 0 aliphatic carbocycles. The third kappa shape index (κ3) is 1.80. The van der Waals surface area contributed by atoms with E-state index in [4.69, 9.17) is 0 Å². The topological polar surface area (TPSA) is 25.2 Å². The molecule has 2 aromatic rings. The molecule has 0 saturated carbocycles. The van der Waals surface area contributed by atoms with Crippen LogP contribution in [-0.2, 0) is 6.54 Å². The molecule has 0 atom stereocenters. The highest BCUT2D eigenvalue weighted by atomic mass is 16.3. The number of rotatable bonds is 2. The number of aliphatic hydroxyl groups is 1. The van der Waals surface area contributed by atoms with Crippen molar-refractivity contribution >= 4 is 10.9 Å². The Labute approximate surface area is 83.8 Å². The van der Waals surface area contributed by atoms with Crippen LogP contribution in [0.4, 0.5) is 0 Å². The molecular weight excluding hydrogens is 174 g/mol. The van der Waals surface area contributed by atoms with Crippen molar-refractivity contribution in [1.29, 1.82) is 0 Å². The molecule has 1 N–H and O–H groups in total. The van der Waals surface area contributed by atoms with Crippen LogP contribution in [0, 0.1) is 0 Å². The van der Waals surface area contributed by atoms with Crippen molar-refractivity contribution in [2.45, 2.75) is 26.0 Å². The van der Waals surface area contributed by atoms with Gasteiger partial charge < -0.3 is 9.67 Å². The summed E-state index contributed by atoms with van der Waals surface area (Å²) in [6.45, 7) is 4.27. The smallest absolute Gasteiger partial charge is 0.0769 e. The lowest BCUT2D eigenvalue weighted by Gasteiger charge is -2.18. The van der Waals surface area contributed by atoms with E-state index in [0.717, 1.165) is 0 Å². The number of para-hydroxylation sites is 1. The van der Waals surface area contributed by atoms with Gasteiger partial charge in [0.1, 0.15) is 0 Å². The van der Waals surface area contributed by atoms with E-state index >= 15 is 0 Å². The molecule has 0 spiro atoms. The van der Waals surface area contributed by atoms with Crippen LogP contribution in [0.3, 0.4) is 0 Å². The fraction of sp³-hybridized carbons (Fsp3) is 0.333. The highest BCUT2D eigenvalue weighted by Gasteiger charge is 2.13. The Morgan fingerprint density at radius 1 is 1.21 bits per heavy atom. The van der Waals surface area contributed by atoms with Crippen molar-refractivity contribution in [1.82, 2.24) is 4.57 Å². The molecule has 1 aromatic heterocycles. The first-order valence-electron chi connectivity index (χ1n) is 4.82. The minimum Gasteiger partial charge on any atom is -0.389 e. The SMILES string of the molecule is CC(C)(O)Cn1ccc2ccccc21. The number of hydrogen-bond donors (Lipinski definition) is 1. The third-order valence-corrected chi connectivity index (χ3v) is 2.24. The zero-order valence-electron chi connectivity index (χ0n) is 8.57. The summed E-state index contributed by atoms with van der Waals surface area (Å²) in [5.41, 5.74) is 0.511. The Morgan fingerprint density at radius 2 is 1.93 bits per heavy atom. The quantitative estimate of drug-likeness (QED) is 0.771. The molecule has 0 fully saturated rings. The Kier molecular flexibility index (Phi) is 2.08. The summed E-state index contributed by atoms with van der Waals surface area (Å²) in [5.74, 6) is 0. The van der Waals surface area contributed by atoms with Gasteiger partial charge in [0.15, 0.2) is 0 Å². The first-order chi connectivity index (χ1) is 6.56. The predicted octanol–water partition coefficient (Wildman–Crippen LogP) is 2.41. The van der Waals surface area contributed by atoms with Crippen LogP contribution < -0.4 is 0 Å². The standard InChI is InChI=1S/C12H15NO/c1-12(2,14)9-13-8-7-10-5-3-4-6-11(10)13/h3-8,14H,9H2,1-2H3. The van der Waals surface area contributed by atoms with Crippen molar-refractivity contribution in [3.8, 4) is 0 Å². The molecule has 1 aromatic carbocycles. The van der Waals surface area contributed by atoms with Gasteiger partial charge in [-0.05, 0) is 31.4 Å². The van der Waals surface area contributed by atoms with Gasteiger partial charge in [0.2, 0.25) is 0 Å². The number of aromatic nitrogens is 1. The van der Waals surface area contributed by atoms with Crippen LogP contribution in [0.15, 0.2) is 36.5 Å². The Bertz CT molecular complexity index is 437. The van der Waals surface area contributed by atoms with E-state index < -0.39 is 5.60 Å². The average Bonchev–Trinajstić information content (AvgIpc) is 2.47. The number of benzene rings is 1. The third-order valence-electron chi connectivity index (χ3n) is 2.24. The first-order valence-corrected chi connectivity index (χ1v) is 4.82. The lowest BCUT2D eigenvalue weighted by Crippen LogP contribution is -2.25. The molecule has 0 bridgehead atoms. The van der Waals surface area contributed by atoms with E-state index in [1.165, 1.54) is 10.9 Å². The van der Waals surface area contributed by atoms with Crippen LogP contribution in [0.25, 0.3) is 10.9 Å². The summed E-state index contributed by atoms with van der Waals surface area (Å²) in [6.07, 6.45) is 2.02. The minimum absolute atomic E-state index is 0.626. The van der Waals surface area contributed by atoms with Gasteiger partial charge in [-0.15, -0.1) is 0 Å². The van der Waals surface area contributed by atoms with Gasteiger partial charge in [0, 0.05) is 11.7 Å². The van der Waals surface area contributed by atoms with Gasteiger partial charge in [0.25, 0.3) is 0 Å². The number of nitrogens with zero attached hydrogens (tertiary/aromatic N) is 1. The highest BCUT2D eigenvalue weighted by molar-refractivity contribution is 5.79. The Balaban J connectivity index is 2.44. The Morgan fingerprint density at radius 3 is 2.64 bits per heavy atom. The molecule has 2 rings (SSSR count). The molecule has 1 heterocycles. The van der Waals surface area contributed by atoms with Crippen LogP contribution >= 0.6 is 0 Å².